The molecule has 0 aliphatic carbocycles. The van der Waals surface area contributed by atoms with Gasteiger partial charge in [0.2, 0.25) is 0 Å². The van der Waals surface area contributed by atoms with Gasteiger partial charge in [0.1, 0.15) is 5.15 Å². The number of aromatic nitrogens is 1. The van der Waals surface area contributed by atoms with E-state index in [1.807, 2.05) is 15.9 Å². The number of hydrogen-bond donors (Lipinski definition) is 0. The Kier molecular flexibility index (Phi) is 4.57. The quantitative estimate of drug-likeness (QED) is 0.360. The number of nitro groups is 1. The third-order valence-electron chi connectivity index (χ3n) is 3.02. The van der Waals surface area contributed by atoms with Gasteiger partial charge in [0, 0.05) is 32.4 Å². The van der Waals surface area contributed by atoms with Gasteiger partial charge in [-0.2, -0.15) is 0 Å². The molecule has 0 unspecified atom stereocenters. The second kappa shape index (κ2) is 6.38. The number of halogens is 1. The molecule has 0 saturated carbocycles. The van der Waals surface area contributed by atoms with E-state index in [9.17, 15) is 10.1 Å². The Hall–Kier alpha value is -2.08. The van der Waals surface area contributed by atoms with Gasteiger partial charge in [-0.25, -0.2) is 4.98 Å². The summed E-state index contributed by atoms with van der Waals surface area (Å²) in [5.41, 5.74) is 0.962. The maximum Gasteiger partial charge on any atom is 0.274 e. The normalized spacial score (nSPS) is 16.8. The molecule has 1 aliphatic heterocycles. The molecule has 6 nitrogen and oxygen atoms in total. The lowest BCUT2D eigenvalue weighted by Crippen LogP contribution is -2.24. The van der Waals surface area contributed by atoms with Gasteiger partial charge in [0.25, 0.3) is 6.20 Å². The van der Waals surface area contributed by atoms with Crippen molar-refractivity contribution in [2.75, 3.05) is 19.6 Å². The SMILES string of the molecule is C=CCN1CCN(Cc2ccc(Cl)nc2)/C1=C/[N+](=O)[O-]. The lowest BCUT2D eigenvalue weighted by Gasteiger charge is -2.21. The van der Waals surface area contributed by atoms with Crippen LogP contribution in [-0.4, -0.2) is 39.3 Å². The molecular formula is C13H15ClN4O2. The van der Waals surface area contributed by atoms with Crippen LogP contribution < -0.4 is 0 Å². The van der Waals surface area contributed by atoms with Crippen LogP contribution in [0.15, 0.2) is 43.0 Å². The van der Waals surface area contributed by atoms with Crippen LogP contribution in [0.4, 0.5) is 0 Å². The van der Waals surface area contributed by atoms with E-state index in [0.717, 1.165) is 24.9 Å². The molecule has 7 heteroatoms. The smallest absolute Gasteiger partial charge is 0.274 e. The third kappa shape index (κ3) is 3.48. The highest BCUT2D eigenvalue weighted by atomic mass is 35.5. The summed E-state index contributed by atoms with van der Waals surface area (Å²) in [5.74, 6) is 0.602. The fourth-order valence-electron chi connectivity index (χ4n) is 2.15. The van der Waals surface area contributed by atoms with Gasteiger partial charge in [-0.3, -0.25) is 10.1 Å². The molecule has 1 aromatic heterocycles. The Morgan fingerprint density at radius 1 is 1.45 bits per heavy atom. The summed E-state index contributed by atoms with van der Waals surface area (Å²) in [6.45, 7) is 6.31. The lowest BCUT2D eigenvalue weighted by atomic mass is 10.2. The molecule has 0 amide bonds. The summed E-state index contributed by atoms with van der Waals surface area (Å²) in [4.78, 5) is 18.2. The van der Waals surface area contributed by atoms with E-state index < -0.39 is 4.92 Å². The van der Waals surface area contributed by atoms with Crippen molar-refractivity contribution in [3.63, 3.8) is 0 Å². The van der Waals surface area contributed by atoms with E-state index in [2.05, 4.69) is 11.6 Å². The first-order chi connectivity index (χ1) is 9.60. The van der Waals surface area contributed by atoms with Gasteiger partial charge in [-0.05, 0) is 11.6 Å². The second-order valence-corrected chi connectivity index (χ2v) is 4.81. The zero-order valence-electron chi connectivity index (χ0n) is 10.9. The van der Waals surface area contributed by atoms with Crippen LogP contribution in [0, 0.1) is 10.1 Å². The molecule has 0 bridgehead atoms. The molecule has 0 radical (unpaired) electrons. The highest BCUT2D eigenvalue weighted by Crippen LogP contribution is 2.21. The first-order valence-electron chi connectivity index (χ1n) is 6.16. The van der Waals surface area contributed by atoms with Gasteiger partial charge in [-0.15, -0.1) is 6.58 Å². The van der Waals surface area contributed by atoms with Crippen molar-refractivity contribution in [1.29, 1.82) is 0 Å². The van der Waals surface area contributed by atoms with E-state index in [0.29, 0.717) is 24.1 Å². The molecule has 0 aromatic carbocycles. The standard InChI is InChI=1S/C13H15ClN4O2/c1-2-5-16-6-7-17(13(16)10-18(19)20)9-11-3-4-12(14)15-8-11/h2-4,8,10H,1,5-7,9H2/b13-10+. The van der Waals surface area contributed by atoms with Crippen molar-refractivity contribution in [1.82, 2.24) is 14.8 Å². The summed E-state index contributed by atoms with van der Waals surface area (Å²) in [6.07, 6.45) is 4.46. The second-order valence-electron chi connectivity index (χ2n) is 4.42. The molecule has 1 aliphatic rings. The van der Waals surface area contributed by atoms with Gasteiger partial charge in [0.15, 0.2) is 5.82 Å². The maximum atomic E-state index is 10.8. The summed E-state index contributed by atoms with van der Waals surface area (Å²) in [5, 5.41) is 11.2. The molecule has 2 rings (SSSR count). The van der Waals surface area contributed by atoms with Crippen molar-refractivity contribution < 1.29 is 4.92 Å². The molecule has 0 atom stereocenters. The largest absolute Gasteiger partial charge is 0.348 e. The van der Waals surface area contributed by atoms with Gasteiger partial charge < -0.3 is 9.80 Å². The van der Waals surface area contributed by atoms with E-state index in [1.54, 1.807) is 18.3 Å². The van der Waals surface area contributed by atoms with Crippen LogP contribution in [0.2, 0.25) is 5.15 Å². The van der Waals surface area contributed by atoms with Crippen LogP contribution in [0.25, 0.3) is 0 Å². The maximum absolute atomic E-state index is 10.8. The van der Waals surface area contributed by atoms with Crippen LogP contribution in [0.1, 0.15) is 5.56 Å². The number of hydrogen-bond acceptors (Lipinski definition) is 5. The van der Waals surface area contributed by atoms with Crippen LogP contribution in [-0.2, 0) is 6.54 Å². The molecule has 20 heavy (non-hydrogen) atoms. The monoisotopic (exact) mass is 294 g/mol. The highest BCUT2D eigenvalue weighted by molar-refractivity contribution is 6.29. The molecule has 1 aromatic rings. The zero-order chi connectivity index (χ0) is 14.5. The van der Waals surface area contributed by atoms with Crippen molar-refractivity contribution in [3.8, 4) is 0 Å². The van der Waals surface area contributed by atoms with Crippen LogP contribution >= 0.6 is 11.6 Å². The number of nitrogens with zero attached hydrogens (tertiary/aromatic N) is 4. The predicted octanol–water partition coefficient (Wildman–Crippen LogP) is 2.11. The number of pyridine rings is 1. The fraction of sp³-hybridized carbons (Fsp3) is 0.308. The predicted molar refractivity (Wildman–Crippen MR) is 76.5 cm³/mol. The first-order valence-corrected chi connectivity index (χ1v) is 6.54. The summed E-state index contributed by atoms with van der Waals surface area (Å²) in [7, 11) is 0. The summed E-state index contributed by atoms with van der Waals surface area (Å²) in [6, 6.07) is 3.58. The molecule has 2 heterocycles. The van der Waals surface area contributed by atoms with E-state index in [1.165, 1.54) is 0 Å². The minimum Gasteiger partial charge on any atom is -0.348 e. The molecule has 1 fully saturated rings. The minimum absolute atomic E-state index is 0.427. The van der Waals surface area contributed by atoms with Crippen molar-refractivity contribution >= 4 is 11.6 Å². The molecule has 0 spiro atoms. The third-order valence-corrected chi connectivity index (χ3v) is 3.24. The van der Waals surface area contributed by atoms with Gasteiger partial charge in [-0.1, -0.05) is 23.7 Å². The Balaban J connectivity index is 2.15. The number of rotatable bonds is 5. The summed E-state index contributed by atoms with van der Waals surface area (Å²) < 4.78 is 0. The van der Waals surface area contributed by atoms with Crippen LogP contribution in [0.3, 0.4) is 0 Å². The van der Waals surface area contributed by atoms with E-state index in [-0.39, 0.29) is 0 Å². The molecule has 1 saturated heterocycles. The highest BCUT2D eigenvalue weighted by Gasteiger charge is 2.26. The average Bonchev–Trinajstić information content (AvgIpc) is 2.75. The first kappa shape index (κ1) is 14.3. The summed E-state index contributed by atoms with van der Waals surface area (Å²) >= 11 is 5.75. The van der Waals surface area contributed by atoms with Crippen molar-refractivity contribution in [3.05, 3.63) is 63.8 Å². The zero-order valence-corrected chi connectivity index (χ0v) is 11.7. The topological polar surface area (TPSA) is 62.5 Å². The molecule has 0 N–H and O–H groups in total. The van der Waals surface area contributed by atoms with E-state index in [4.69, 9.17) is 11.6 Å². The van der Waals surface area contributed by atoms with E-state index >= 15 is 0 Å². The van der Waals surface area contributed by atoms with Gasteiger partial charge >= 0.3 is 0 Å². The van der Waals surface area contributed by atoms with Gasteiger partial charge in [0.05, 0.1) is 4.92 Å². The Morgan fingerprint density at radius 2 is 2.20 bits per heavy atom. The Labute approximate surface area is 122 Å². The average molecular weight is 295 g/mol. The lowest BCUT2D eigenvalue weighted by molar-refractivity contribution is -0.405. The van der Waals surface area contributed by atoms with Crippen LogP contribution in [0.5, 0.6) is 0 Å². The molecular weight excluding hydrogens is 280 g/mol. The minimum atomic E-state index is -0.427. The fourth-order valence-corrected chi connectivity index (χ4v) is 2.26. The van der Waals surface area contributed by atoms with Crippen molar-refractivity contribution in [2.24, 2.45) is 0 Å². The van der Waals surface area contributed by atoms with Crippen molar-refractivity contribution in [2.45, 2.75) is 6.54 Å². The Morgan fingerprint density at radius 3 is 2.80 bits per heavy atom. The molecule has 106 valence electrons. The Bertz CT molecular complexity index is 530.